The molecule has 4 heteroatoms. The molecule has 0 spiro atoms. The van der Waals surface area contributed by atoms with Crippen LogP contribution in [0.1, 0.15) is 45.4 Å². The number of hydrogen-bond donors (Lipinski definition) is 1. The van der Waals surface area contributed by atoms with E-state index >= 15 is 0 Å². The van der Waals surface area contributed by atoms with Crippen LogP contribution in [0.4, 0.5) is 0 Å². The number of benzene rings is 1. The highest BCUT2D eigenvalue weighted by atomic mass is 35.5. The van der Waals surface area contributed by atoms with Gasteiger partial charge in [-0.2, -0.15) is 0 Å². The van der Waals surface area contributed by atoms with E-state index in [-0.39, 0.29) is 0 Å². The van der Waals surface area contributed by atoms with Gasteiger partial charge < -0.3 is 10.1 Å². The van der Waals surface area contributed by atoms with Crippen LogP contribution in [0, 0.1) is 0 Å². The molecule has 0 aliphatic rings. The molecule has 0 bridgehead atoms. The van der Waals surface area contributed by atoms with Gasteiger partial charge in [0.15, 0.2) is 0 Å². The van der Waals surface area contributed by atoms with Crippen molar-refractivity contribution < 1.29 is 4.74 Å². The van der Waals surface area contributed by atoms with E-state index in [1.165, 1.54) is 32.1 Å². The van der Waals surface area contributed by atoms with Gasteiger partial charge in [0.25, 0.3) is 0 Å². The molecule has 0 aromatic heterocycles. The van der Waals surface area contributed by atoms with Crippen LogP contribution >= 0.6 is 23.2 Å². The zero-order valence-corrected chi connectivity index (χ0v) is 13.8. The third-order valence-electron chi connectivity index (χ3n) is 3.11. The van der Waals surface area contributed by atoms with Crippen LogP contribution in [0.5, 0.6) is 5.75 Å². The summed E-state index contributed by atoms with van der Waals surface area (Å²) in [4.78, 5) is 0. The van der Waals surface area contributed by atoms with Gasteiger partial charge in [-0.3, -0.25) is 0 Å². The highest BCUT2D eigenvalue weighted by molar-refractivity contribution is 6.35. The molecule has 0 fully saturated rings. The van der Waals surface area contributed by atoms with Gasteiger partial charge in [0.05, 0.1) is 11.6 Å². The van der Waals surface area contributed by atoms with E-state index in [0.29, 0.717) is 16.7 Å². The van der Waals surface area contributed by atoms with Crippen molar-refractivity contribution in [3.05, 3.63) is 28.2 Å². The minimum Gasteiger partial charge on any atom is -0.492 e. The van der Waals surface area contributed by atoms with Gasteiger partial charge in [-0.25, -0.2) is 0 Å². The van der Waals surface area contributed by atoms with E-state index in [9.17, 15) is 0 Å². The van der Waals surface area contributed by atoms with Gasteiger partial charge in [0, 0.05) is 5.02 Å². The van der Waals surface area contributed by atoms with Crippen molar-refractivity contribution >= 4 is 23.2 Å². The van der Waals surface area contributed by atoms with Gasteiger partial charge in [0.2, 0.25) is 0 Å². The molecule has 0 aliphatic carbocycles. The van der Waals surface area contributed by atoms with Crippen LogP contribution in [-0.2, 0) is 0 Å². The van der Waals surface area contributed by atoms with Crippen LogP contribution in [0.3, 0.4) is 0 Å². The van der Waals surface area contributed by atoms with Crippen LogP contribution in [0.25, 0.3) is 0 Å². The van der Waals surface area contributed by atoms with E-state index < -0.39 is 0 Å². The molecule has 1 aromatic rings. The summed E-state index contributed by atoms with van der Waals surface area (Å²) in [6.07, 6.45) is 7.28. The molecular formula is C16H25Cl2NO. The molecule has 1 N–H and O–H groups in total. The monoisotopic (exact) mass is 317 g/mol. The first-order valence-electron chi connectivity index (χ1n) is 7.52. The Morgan fingerprint density at radius 3 is 2.50 bits per heavy atom. The second-order valence-electron chi connectivity index (χ2n) is 4.94. The molecule has 0 radical (unpaired) electrons. The molecule has 0 unspecified atom stereocenters. The largest absolute Gasteiger partial charge is 0.492 e. The Morgan fingerprint density at radius 2 is 1.75 bits per heavy atom. The fourth-order valence-electron chi connectivity index (χ4n) is 1.91. The van der Waals surface area contributed by atoms with Crippen LogP contribution in [0.2, 0.25) is 10.0 Å². The maximum absolute atomic E-state index is 6.03. The molecule has 20 heavy (non-hydrogen) atoms. The molecule has 2 nitrogen and oxygen atoms in total. The van der Waals surface area contributed by atoms with Crippen molar-refractivity contribution in [3.8, 4) is 5.75 Å². The molecule has 1 aromatic carbocycles. The third-order valence-corrected chi connectivity index (χ3v) is 3.64. The lowest BCUT2D eigenvalue weighted by Crippen LogP contribution is -2.16. The summed E-state index contributed by atoms with van der Waals surface area (Å²) in [7, 11) is 0. The summed E-state index contributed by atoms with van der Waals surface area (Å²) in [5.74, 6) is 0.720. The van der Waals surface area contributed by atoms with Gasteiger partial charge in [0.1, 0.15) is 5.75 Å². The first-order chi connectivity index (χ1) is 9.74. The molecule has 0 amide bonds. The quantitative estimate of drug-likeness (QED) is 0.557. The Labute approximate surface area is 132 Å². The Morgan fingerprint density at radius 1 is 1.00 bits per heavy atom. The standard InChI is InChI=1S/C16H25Cl2NO/c1-2-3-10-19-11-6-4-5-7-12-20-16-9-8-14(17)13-15(16)18/h8-9,13,19H,2-7,10-12H2,1H3. The Bertz CT molecular complexity index is 371. The summed E-state index contributed by atoms with van der Waals surface area (Å²) in [6, 6.07) is 5.33. The van der Waals surface area contributed by atoms with Crippen molar-refractivity contribution in [2.75, 3.05) is 19.7 Å². The summed E-state index contributed by atoms with van der Waals surface area (Å²) < 4.78 is 5.65. The maximum atomic E-state index is 6.03. The van der Waals surface area contributed by atoms with Crippen molar-refractivity contribution in [1.82, 2.24) is 5.32 Å². The lowest BCUT2D eigenvalue weighted by Gasteiger charge is -2.08. The summed E-state index contributed by atoms with van der Waals surface area (Å²) >= 11 is 11.9. The summed E-state index contributed by atoms with van der Waals surface area (Å²) in [5, 5.41) is 4.67. The van der Waals surface area contributed by atoms with Gasteiger partial charge >= 0.3 is 0 Å². The molecule has 0 aliphatic heterocycles. The topological polar surface area (TPSA) is 21.3 Å². The van der Waals surface area contributed by atoms with Crippen molar-refractivity contribution in [1.29, 1.82) is 0 Å². The number of rotatable bonds is 11. The van der Waals surface area contributed by atoms with Crippen molar-refractivity contribution in [2.45, 2.75) is 45.4 Å². The lowest BCUT2D eigenvalue weighted by molar-refractivity contribution is 0.304. The van der Waals surface area contributed by atoms with Crippen molar-refractivity contribution in [2.24, 2.45) is 0 Å². The highest BCUT2D eigenvalue weighted by Gasteiger charge is 2.01. The third kappa shape index (κ3) is 7.98. The fraction of sp³-hybridized carbons (Fsp3) is 0.625. The van der Waals surface area contributed by atoms with E-state index in [2.05, 4.69) is 12.2 Å². The zero-order chi connectivity index (χ0) is 14.6. The van der Waals surface area contributed by atoms with Crippen molar-refractivity contribution in [3.63, 3.8) is 0 Å². The number of hydrogen-bond acceptors (Lipinski definition) is 2. The summed E-state index contributed by atoms with van der Waals surface area (Å²) in [5.41, 5.74) is 0. The Kier molecular flexibility index (Phi) is 9.90. The predicted octanol–water partition coefficient (Wildman–Crippen LogP) is 5.32. The number of ether oxygens (including phenoxy) is 1. The average Bonchev–Trinajstić information content (AvgIpc) is 2.43. The molecule has 114 valence electrons. The van der Waals surface area contributed by atoms with Gasteiger partial charge in [-0.15, -0.1) is 0 Å². The first-order valence-corrected chi connectivity index (χ1v) is 8.28. The van der Waals surface area contributed by atoms with E-state index in [0.717, 1.165) is 25.3 Å². The Hall–Kier alpha value is -0.440. The van der Waals surface area contributed by atoms with Crippen LogP contribution < -0.4 is 10.1 Å². The van der Waals surface area contributed by atoms with Gasteiger partial charge in [-0.1, -0.05) is 49.4 Å². The van der Waals surface area contributed by atoms with E-state index in [1.807, 2.05) is 6.07 Å². The molecule has 0 saturated carbocycles. The number of halogens is 2. The molecule has 1 rings (SSSR count). The van der Waals surface area contributed by atoms with E-state index in [4.69, 9.17) is 27.9 Å². The number of unbranched alkanes of at least 4 members (excludes halogenated alkanes) is 4. The minimum atomic E-state index is 0.581. The number of nitrogens with one attached hydrogen (secondary N) is 1. The highest BCUT2D eigenvalue weighted by Crippen LogP contribution is 2.27. The lowest BCUT2D eigenvalue weighted by atomic mass is 10.2. The van der Waals surface area contributed by atoms with Crippen LogP contribution in [-0.4, -0.2) is 19.7 Å². The SMILES string of the molecule is CCCCNCCCCCCOc1ccc(Cl)cc1Cl. The predicted molar refractivity (Wildman–Crippen MR) is 88.2 cm³/mol. The average molecular weight is 318 g/mol. The molecular weight excluding hydrogens is 293 g/mol. The van der Waals surface area contributed by atoms with Crippen LogP contribution in [0.15, 0.2) is 18.2 Å². The zero-order valence-electron chi connectivity index (χ0n) is 12.3. The summed E-state index contributed by atoms with van der Waals surface area (Å²) in [6.45, 7) is 5.21. The van der Waals surface area contributed by atoms with E-state index in [1.54, 1.807) is 12.1 Å². The second-order valence-corrected chi connectivity index (χ2v) is 5.78. The minimum absolute atomic E-state index is 0.581. The fourth-order valence-corrected chi connectivity index (χ4v) is 2.37. The molecule has 0 heterocycles. The molecule has 0 saturated heterocycles. The van der Waals surface area contributed by atoms with Gasteiger partial charge in [-0.05, 0) is 50.6 Å². The first kappa shape index (κ1) is 17.6. The molecule has 0 atom stereocenters. The normalized spacial score (nSPS) is 10.8. The maximum Gasteiger partial charge on any atom is 0.137 e. The Balaban J connectivity index is 1.97. The smallest absolute Gasteiger partial charge is 0.137 e. The second kappa shape index (κ2) is 11.2.